The molecule has 6 heteroatoms. The van der Waals surface area contributed by atoms with Crippen LogP contribution in [0.1, 0.15) is 24.2 Å². The van der Waals surface area contributed by atoms with E-state index in [9.17, 15) is 8.78 Å². The molecule has 19 heavy (non-hydrogen) atoms. The highest BCUT2D eigenvalue weighted by Crippen LogP contribution is 2.12. The normalized spacial score (nSPS) is 12.6. The third-order valence-electron chi connectivity index (χ3n) is 2.83. The van der Waals surface area contributed by atoms with Gasteiger partial charge in [-0.15, -0.1) is 0 Å². The highest BCUT2D eigenvalue weighted by atomic mass is 19.2. The van der Waals surface area contributed by atoms with E-state index in [1.54, 1.807) is 0 Å². The van der Waals surface area contributed by atoms with Gasteiger partial charge in [0.2, 0.25) is 5.89 Å². The number of halogens is 2. The van der Waals surface area contributed by atoms with Gasteiger partial charge in [-0.1, -0.05) is 11.2 Å². The minimum atomic E-state index is -0.874. The number of rotatable bonds is 5. The monoisotopic (exact) mass is 267 g/mol. The lowest BCUT2D eigenvalue weighted by Gasteiger charge is -2.04. The van der Waals surface area contributed by atoms with Crippen molar-refractivity contribution in [2.45, 2.75) is 25.8 Å². The number of likely N-dealkylation sites (N-methyl/N-ethyl adjacent to an activating group) is 1. The van der Waals surface area contributed by atoms with Gasteiger partial charge in [0.1, 0.15) is 0 Å². The summed E-state index contributed by atoms with van der Waals surface area (Å²) in [7, 11) is 1.85. The Balaban J connectivity index is 2.05. The molecule has 0 aliphatic heterocycles. The lowest BCUT2D eigenvalue weighted by atomic mass is 10.1. The third kappa shape index (κ3) is 3.57. The molecule has 1 N–H and O–H groups in total. The van der Waals surface area contributed by atoms with Gasteiger partial charge in [-0.25, -0.2) is 8.78 Å². The lowest BCUT2D eigenvalue weighted by molar-refractivity contribution is 0.377. The molecule has 0 amide bonds. The second-order valence-corrected chi connectivity index (χ2v) is 4.42. The van der Waals surface area contributed by atoms with Crippen molar-refractivity contribution in [3.05, 3.63) is 47.1 Å². The average Bonchev–Trinajstić information content (AvgIpc) is 2.81. The Morgan fingerprint density at radius 3 is 2.79 bits per heavy atom. The molecule has 2 rings (SSSR count). The summed E-state index contributed by atoms with van der Waals surface area (Å²) >= 11 is 0. The van der Waals surface area contributed by atoms with Crippen molar-refractivity contribution < 1.29 is 13.3 Å². The molecule has 1 aromatic heterocycles. The van der Waals surface area contributed by atoms with Gasteiger partial charge in [0, 0.05) is 12.5 Å². The van der Waals surface area contributed by atoms with E-state index in [2.05, 4.69) is 15.5 Å². The summed E-state index contributed by atoms with van der Waals surface area (Å²) in [4.78, 5) is 4.21. The van der Waals surface area contributed by atoms with Crippen LogP contribution in [0, 0.1) is 11.6 Å². The predicted octanol–water partition coefficient (Wildman–Crippen LogP) is 2.09. The zero-order chi connectivity index (χ0) is 13.8. The fourth-order valence-corrected chi connectivity index (χ4v) is 1.64. The third-order valence-corrected chi connectivity index (χ3v) is 2.83. The molecule has 0 aliphatic rings. The Hall–Kier alpha value is -1.82. The molecule has 4 nitrogen and oxygen atoms in total. The summed E-state index contributed by atoms with van der Waals surface area (Å²) in [6, 6.07) is 3.97. The molecule has 0 spiro atoms. The van der Waals surface area contributed by atoms with Crippen LogP contribution in [-0.4, -0.2) is 23.2 Å². The Labute approximate surface area is 109 Å². The van der Waals surface area contributed by atoms with Crippen molar-refractivity contribution in [3.8, 4) is 0 Å². The zero-order valence-electron chi connectivity index (χ0n) is 10.8. The van der Waals surface area contributed by atoms with Gasteiger partial charge in [-0.3, -0.25) is 0 Å². The van der Waals surface area contributed by atoms with E-state index < -0.39 is 11.6 Å². The van der Waals surface area contributed by atoms with Gasteiger partial charge in [0.05, 0.1) is 6.42 Å². The van der Waals surface area contributed by atoms with Crippen molar-refractivity contribution in [1.82, 2.24) is 15.5 Å². The van der Waals surface area contributed by atoms with Crippen LogP contribution in [0.4, 0.5) is 8.78 Å². The van der Waals surface area contributed by atoms with E-state index in [1.165, 1.54) is 6.07 Å². The topological polar surface area (TPSA) is 51.0 Å². The van der Waals surface area contributed by atoms with Crippen LogP contribution in [-0.2, 0) is 12.8 Å². The molecule has 1 aromatic carbocycles. The van der Waals surface area contributed by atoms with Crippen molar-refractivity contribution >= 4 is 0 Å². The molecular weight excluding hydrogens is 252 g/mol. The Kier molecular flexibility index (Phi) is 4.21. The fourth-order valence-electron chi connectivity index (χ4n) is 1.64. The maximum atomic E-state index is 13.1. The van der Waals surface area contributed by atoms with E-state index in [4.69, 9.17) is 4.52 Å². The number of aromatic nitrogens is 2. The smallest absolute Gasteiger partial charge is 0.231 e. The lowest BCUT2D eigenvalue weighted by Crippen LogP contribution is -2.24. The molecular formula is C13H15F2N3O. The van der Waals surface area contributed by atoms with Crippen molar-refractivity contribution in [1.29, 1.82) is 0 Å². The Morgan fingerprint density at radius 1 is 1.32 bits per heavy atom. The minimum Gasteiger partial charge on any atom is -0.339 e. The largest absolute Gasteiger partial charge is 0.339 e. The van der Waals surface area contributed by atoms with Crippen molar-refractivity contribution in [3.63, 3.8) is 0 Å². The molecule has 0 bridgehead atoms. The van der Waals surface area contributed by atoms with Crippen molar-refractivity contribution in [2.24, 2.45) is 0 Å². The summed E-state index contributed by atoms with van der Waals surface area (Å²) in [5.74, 6) is -0.748. The quantitative estimate of drug-likeness (QED) is 0.901. The van der Waals surface area contributed by atoms with Crippen LogP contribution in [0.15, 0.2) is 22.7 Å². The summed E-state index contributed by atoms with van der Waals surface area (Å²) in [6.07, 6.45) is 0.940. The van der Waals surface area contributed by atoms with Gasteiger partial charge < -0.3 is 9.84 Å². The molecule has 1 heterocycles. The Bertz CT molecular complexity index is 557. The molecule has 0 saturated carbocycles. The highest BCUT2D eigenvalue weighted by Gasteiger charge is 2.11. The van der Waals surface area contributed by atoms with Gasteiger partial charge in [0.25, 0.3) is 0 Å². The number of hydrogen-bond donors (Lipinski definition) is 1. The van der Waals surface area contributed by atoms with Crippen LogP contribution in [0.3, 0.4) is 0 Å². The van der Waals surface area contributed by atoms with Gasteiger partial charge in [-0.05, 0) is 31.7 Å². The first-order valence-corrected chi connectivity index (χ1v) is 6.01. The van der Waals surface area contributed by atoms with E-state index in [1.807, 2.05) is 14.0 Å². The van der Waals surface area contributed by atoms with Gasteiger partial charge in [-0.2, -0.15) is 4.98 Å². The first kappa shape index (κ1) is 13.6. The van der Waals surface area contributed by atoms with Crippen LogP contribution < -0.4 is 5.32 Å². The first-order valence-electron chi connectivity index (χ1n) is 6.01. The average molecular weight is 267 g/mol. The van der Waals surface area contributed by atoms with Crippen LogP contribution in [0.25, 0.3) is 0 Å². The maximum Gasteiger partial charge on any atom is 0.231 e. The molecule has 1 atom stereocenters. The Morgan fingerprint density at radius 2 is 2.11 bits per heavy atom. The molecule has 2 aromatic rings. The predicted molar refractivity (Wildman–Crippen MR) is 65.7 cm³/mol. The van der Waals surface area contributed by atoms with Crippen LogP contribution in [0.5, 0.6) is 0 Å². The molecule has 1 unspecified atom stereocenters. The molecule has 0 saturated heterocycles. The zero-order valence-corrected chi connectivity index (χ0v) is 10.8. The summed E-state index contributed by atoms with van der Waals surface area (Å²) < 4.78 is 30.9. The SMILES string of the molecule is CNC(C)Cc1noc(Cc2ccc(F)c(F)c2)n1. The number of nitrogens with zero attached hydrogens (tertiary/aromatic N) is 2. The molecule has 0 fully saturated rings. The number of nitrogens with one attached hydrogen (secondary N) is 1. The summed E-state index contributed by atoms with van der Waals surface area (Å²) in [6.45, 7) is 2.01. The first-order chi connectivity index (χ1) is 9.08. The van der Waals surface area contributed by atoms with Gasteiger partial charge >= 0.3 is 0 Å². The van der Waals surface area contributed by atoms with E-state index in [0.29, 0.717) is 23.7 Å². The summed E-state index contributed by atoms with van der Waals surface area (Å²) in [5, 5.41) is 6.92. The van der Waals surface area contributed by atoms with Gasteiger partial charge in [0.15, 0.2) is 17.5 Å². The second kappa shape index (κ2) is 5.88. The minimum absolute atomic E-state index is 0.244. The van der Waals surface area contributed by atoms with E-state index in [0.717, 1.165) is 12.1 Å². The highest BCUT2D eigenvalue weighted by molar-refractivity contribution is 5.20. The van der Waals surface area contributed by atoms with E-state index >= 15 is 0 Å². The van der Waals surface area contributed by atoms with E-state index in [-0.39, 0.29) is 12.5 Å². The second-order valence-electron chi connectivity index (χ2n) is 4.42. The molecule has 0 aliphatic carbocycles. The fraction of sp³-hybridized carbons (Fsp3) is 0.385. The van der Waals surface area contributed by atoms with Crippen LogP contribution >= 0.6 is 0 Å². The standard InChI is InChI=1S/C13H15F2N3O/c1-8(16-2)5-12-17-13(19-18-12)7-9-3-4-10(14)11(15)6-9/h3-4,6,8,16H,5,7H2,1-2H3. The number of hydrogen-bond acceptors (Lipinski definition) is 4. The molecule has 0 radical (unpaired) electrons. The number of benzene rings is 1. The molecule has 102 valence electrons. The van der Waals surface area contributed by atoms with Crippen molar-refractivity contribution in [2.75, 3.05) is 7.05 Å². The maximum absolute atomic E-state index is 13.1. The van der Waals surface area contributed by atoms with Crippen LogP contribution in [0.2, 0.25) is 0 Å². The summed E-state index contributed by atoms with van der Waals surface area (Å²) in [5.41, 5.74) is 0.593.